The molecular weight excluding hydrogens is 234 g/mol. The van der Waals surface area contributed by atoms with Crippen molar-refractivity contribution in [2.75, 3.05) is 6.54 Å². The SMILES string of the molecule is CC(C)N1CCCC(N)C1c1c(F)cccc1F. The van der Waals surface area contributed by atoms with E-state index < -0.39 is 11.6 Å². The number of halogens is 2. The Morgan fingerprint density at radius 3 is 2.44 bits per heavy atom. The van der Waals surface area contributed by atoms with Gasteiger partial charge in [-0.2, -0.15) is 0 Å². The molecule has 1 aromatic carbocycles. The Morgan fingerprint density at radius 1 is 1.28 bits per heavy atom. The number of hydrogen-bond donors (Lipinski definition) is 1. The van der Waals surface area contributed by atoms with Gasteiger partial charge in [0.05, 0.1) is 6.04 Å². The van der Waals surface area contributed by atoms with Crippen LogP contribution in [-0.2, 0) is 0 Å². The molecule has 1 aromatic rings. The molecule has 0 aromatic heterocycles. The summed E-state index contributed by atoms with van der Waals surface area (Å²) in [6, 6.07) is 3.64. The van der Waals surface area contributed by atoms with Crippen molar-refractivity contribution in [1.82, 2.24) is 4.90 Å². The molecule has 0 saturated carbocycles. The third kappa shape index (κ3) is 2.40. The van der Waals surface area contributed by atoms with Gasteiger partial charge in [-0.3, -0.25) is 4.90 Å². The summed E-state index contributed by atoms with van der Waals surface area (Å²) in [5.41, 5.74) is 6.23. The Bertz CT molecular complexity index is 400. The summed E-state index contributed by atoms with van der Waals surface area (Å²) in [6.07, 6.45) is 1.79. The highest BCUT2D eigenvalue weighted by Gasteiger charge is 2.35. The van der Waals surface area contributed by atoms with E-state index in [0.29, 0.717) is 0 Å². The maximum Gasteiger partial charge on any atom is 0.130 e. The quantitative estimate of drug-likeness (QED) is 0.879. The highest BCUT2D eigenvalue weighted by Crippen LogP contribution is 2.34. The summed E-state index contributed by atoms with van der Waals surface area (Å²) in [7, 11) is 0. The van der Waals surface area contributed by atoms with Gasteiger partial charge in [-0.05, 0) is 45.4 Å². The number of rotatable bonds is 2. The van der Waals surface area contributed by atoms with E-state index in [-0.39, 0.29) is 23.7 Å². The van der Waals surface area contributed by atoms with Crippen LogP contribution in [0.1, 0.15) is 38.3 Å². The molecule has 0 radical (unpaired) electrons. The van der Waals surface area contributed by atoms with Crippen molar-refractivity contribution >= 4 is 0 Å². The fourth-order valence-electron chi connectivity index (χ4n) is 2.81. The average Bonchev–Trinajstić information content (AvgIpc) is 2.30. The van der Waals surface area contributed by atoms with Crippen LogP contribution in [0.5, 0.6) is 0 Å². The van der Waals surface area contributed by atoms with Crippen LogP contribution in [0, 0.1) is 11.6 Å². The van der Waals surface area contributed by atoms with Gasteiger partial charge in [0.1, 0.15) is 11.6 Å². The summed E-state index contributed by atoms with van der Waals surface area (Å²) < 4.78 is 27.8. The second kappa shape index (κ2) is 5.33. The molecule has 0 bridgehead atoms. The highest BCUT2D eigenvalue weighted by molar-refractivity contribution is 5.25. The van der Waals surface area contributed by atoms with E-state index in [2.05, 4.69) is 4.90 Å². The monoisotopic (exact) mass is 254 g/mol. The molecule has 1 saturated heterocycles. The van der Waals surface area contributed by atoms with Crippen molar-refractivity contribution in [3.63, 3.8) is 0 Å². The second-order valence-electron chi connectivity index (χ2n) is 5.22. The Hall–Kier alpha value is -1.00. The number of nitrogens with two attached hydrogens (primary N) is 1. The van der Waals surface area contributed by atoms with E-state index in [4.69, 9.17) is 5.73 Å². The van der Waals surface area contributed by atoms with Gasteiger partial charge in [0.25, 0.3) is 0 Å². The van der Waals surface area contributed by atoms with E-state index >= 15 is 0 Å². The number of hydrogen-bond acceptors (Lipinski definition) is 2. The second-order valence-corrected chi connectivity index (χ2v) is 5.22. The van der Waals surface area contributed by atoms with Crippen molar-refractivity contribution in [3.05, 3.63) is 35.4 Å². The first-order chi connectivity index (χ1) is 8.52. The number of piperidine rings is 1. The van der Waals surface area contributed by atoms with Crippen LogP contribution in [0.4, 0.5) is 8.78 Å². The Kier molecular flexibility index (Phi) is 3.97. The van der Waals surface area contributed by atoms with Crippen LogP contribution in [0.3, 0.4) is 0 Å². The number of likely N-dealkylation sites (tertiary alicyclic amines) is 1. The van der Waals surface area contributed by atoms with Gasteiger partial charge in [0.15, 0.2) is 0 Å². The van der Waals surface area contributed by atoms with Crippen LogP contribution in [0.25, 0.3) is 0 Å². The molecule has 0 amide bonds. The van der Waals surface area contributed by atoms with Gasteiger partial charge < -0.3 is 5.73 Å². The Balaban J connectivity index is 2.44. The van der Waals surface area contributed by atoms with Gasteiger partial charge in [-0.15, -0.1) is 0 Å². The summed E-state index contributed by atoms with van der Waals surface area (Å²) in [4.78, 5) is 2.09. The molecule has 1 aliphatic rings. The first-order valence-electron chi connectivity index (χ1n) is 6.47. The molecule has 2 unspecified atom stereocenters. The van der Waals surface area contributed by atoms with Crippen LogP contribution in [-0.4, -0.2) is 23.5 Å². The first kappa shape index (κ1) is 13.4. The van der Waals surface area contributed by atoms with Crippen LogP contribution >= 0.6 is 0 Å². The first-order valence-corrected chi connectivity index (χ1v) is 6.47. The lowest BCUT2D eigenvalue weighted by Crippen LogP contribution is -2.49. The standard InChI is InChI=1S/C14H20F2N2/c1-9(2)18-8-4-7-12(17)14(18)13-10(15)5-3-6-11(13)16/h3,5-6,9,12,14H,4,7-8,17H2,1-2H3. The molecule has 4 heteroatoms. The van der Waals surface area contributed by atoms with Crippen LogP contribution in [0.2, 0.25) is 0 Å². The molecule has 1 heterocycles. The minimum Gasteiger partial charge on any atom is -0.326 e. The van der Waals surface area contributed by atoms with E-state index in [1.165, 1.54) is 18.2 Å². The smallest absolute Gasteiger partial charge is 0.130 e. The van der Waals surface area contributed by atoms with Gasteiger partial charge in [0, 0.05) is 17.6 Å². The highest BCUT2D eigenvalue weighted by atomic mass is 19.1. The summed E-state index contributed by atoms with van der Waals surface area (Å²) in [5, 5.41) is 0. The topological polar surface area (TPSA) is 29.3 Å². The molecule has 1 aliphatic heterocycles. The van der Waals surface area contributed by atoms with Crippen LogP contribution in [0.15, 0.2) is 18.2 Å². The predicted octanol–water partition coefficient (Wildman–Crippen LogP) is 2.84. The average molecular weight is 254 g/mol. The summed E-state index contributed by atoms with van der Waals surface area (Å²) in [5.74, 6) is -0.994. The van der Waals surface area contributed by atoms with Gasteiger partial charge in [0.2, 0.25) is 0 Å². The molecule has 2 atom stereocenters. The molecule has 0 aliphatic carbocycles. The van der Waals surface area contributed by atoms with Crippen molar-refractivity contribution < 1.29 is 8.78 Å². The van der Waals surface area contributed by atoms with Crippen molar-refractivity contribution in [1.29, 1.82) is 0 Å². The van der Waals surface area contributed by atoms with E-state index in [0.717, 1.165) is 19.4 Å². The van der Waals surface area contributed by atoms with E-state index in [1.54, 1.807) is 0 Å². The Labute approximate surface area is 107 Å². The molecule has 2 rings (SSSR count). The zero-order valence-corrected chi connectivity index (χ0v) is 10.9. The minimum atomic E-state index is -0.497. The molecule has 100 valence electrons. The third-order valence-electron chi connectivity index (χ3n) is 3.68. The predicted molar refractivity (Wildman–Crippen MR) is 68.2 cm³/mol. The molecule has 18 heavy (non-hydrogen) atoms. The van der Waals surface area contributed by atoms with Gasteiger partial charge in [-0.1, -0.05) is 6.07 Å². The fourth-order valence-corrected chi connectivity index (χ4v) is 2.81. The van der Waals surface area contributed by atoms with Crippen molar-refractivity contribution in [3.8, 4) is 0 Å². The normalized spacial score (nSPS) is 25.7. The minimum absolute atomic E-state index is 0.124. The molecule has 2 N–H and O–H groups in total. The largest absolute Gasteiger partial charge is 0.326 e. The summed E-state index contributed by atoms with van der Waals surface area (Å²) in [6.45, 7) is 4.90. The summed E-state index contributed by atoms with van der Waals surface area (Å²) >= 11 is 0. The lowest BCUT2D eigenvalue weighted by atomic mass is 9.89. The van der Waals surface area contributed by atoms with Gasteiger partial charge in [-0.25, -0.2) is 8.78 Å². The molecule has 2 nitrogen and oxygen atoms in total. The maximum atomic E-state index is 13.9. The maximum absolute atomic E-state index is 13.9. The number of benzene rings is 1. The van der Waals surface area contributed by atoms with Crippen molar-refractivity contribution in [2.45, 2.75) is 44.8 Å². The lowest BCUT2D eigenvalue weighted by molar-refractivity contribution is 0.0896. The lowest BCUT2D eigenvalue weighted by Gasteiger charge is -2.42. The molecular formula is C14H20F2N2. The number of nitrogens with zero attached hydrogens (tertiary/aromatic N) is 1. The molecule has 1 fully saturated rings. The molecule has 0 spiro atoms. The zero-order valence-electron chi connectivity index (χ0n) is 10.9. The zero-order chi connectivity index (χ0) is 13.3. The van der Waals surface area contributed by atoms with E-state index in [9.17, 15) is 8.78 Å². The Morgan fingerprint density at radius 2 is 1.89 bits per heavy atom. The fraction of sp³-hybridized carbons (Fsp3) is 0.571. The van der Waals surface area contributed by atoms with Crippen LogP contribution < -0.4 is 5.73 Å². The van der Waals surface area contributed by atoms with E-state index in [1.807, 2.05) is 13.8 Å². The third-order valence-corrected chi connectivity index (χ3v) is 3.68. The van der Waals surface area contributed by atoms with Gasteiger partial charge >= 0.3 is 0 Å². The van der Waals surface area contributed by atoms with Crippen molar-refractivity contribution in [2.24, 2.45) is 5.73 Å².